The second kappa shape index (κ2) is 4.11. The van der Waals surface area contributed by atoms with Gasteiger partial charge in [-0.05, 0) is 34.6 Å². The first kappa shape index (κ1) is 14.2. The summed E-state index contributed by atoms with van der Waals surface area (Å²) < 4.78 is 15.5. The summed E-state index contributed by atoms with van der Waals surface area (Å²) in [7, 11) is -1.30. The van der Waals surface area contributed by atoms with Gasteiger partial charge in [-0.15, -0.1) is 0 Å². The van der Waals surface area contributed by atoms with Crippen LogP contribution in [0.2, 0.25) is 0 Å². The molecule has 0 aromatic carbocycles. The summed E-state index contributed by atoms with van der Waals surface area (Å²) in [5.74, 6) is 0. The molecule has 1 aliphatic rings. The molecule has 16 heavy (non-hydrogen) atoms. The van der Waals surface area contributed by atoms with E-state index >= 15 is 0 Å². The maximum atomic E-state index is 11.1. The first-order valence-electron chi connectivity index (χ1n) is 4.94. The van der Waals surface area contributed by atoms with Crippen molar-refractivity contribution in [2.24, 2.45) is 0 Å². The predicted molar refractivity (Wildman–Crippen MR) is 67.2 cm³/mol. The average molecular weight is 342 g/mol. The quantitative estimate of drug-likeness (QED) is 0.472. The molecule has 0 spiro atoms. The lowest BCUT2D eigenvalue weighted by Crippen LogP contribution is -2.60. The lowest BCUT2D eigenvalue weighted by Gasteiger charge is -2.46. The van der Waals surface area contributed by atoms with Crippen LogP contribution >= 0.6 is 22.6 Å². The number of carbonyl (C=O) groups is 1. The number of carbonyl (C=O) groups excluding carboxylic acids is 1. The molecule has 7 heteroatoms. The molecule has 0 amide bonds. The van der Waals surface area contributed by atoms with E-state index in [-0.39, 0.29) is 0 Å². The smallest absolute Gasteiger partial charge is 0.449 e. The summed E-state index contributed by atoms with van der Waals surface area (Å²) in [5.41, 5.74) is -2.60. The van der Waals surface area contributed by atoms with E-state index in [0.717, 1.165) is 0 Å². The predicted octanol–water partition coefficient (Wildman–Crippen LogP) is 1.90. The first-order valence-corrected chi connectivity index (χ1v) is 6.02. The molecule has 0 aromatic rings. The van der Waals surface area contributed by atoms with Crippen molar-refractivity contribution in [3.63, 3.8) is 0 Å². The summed E-state index contributed by atoms with van der Waals surface area (Å²) in [6.45, 7) is 8.78. The monoisotopic (exact) mass is 342 g/mol. The Morgan fingerprint density at radius 2 is 1.88 bits per heavy atom. The van der Waals surface area contributed by atoms with Crippen LogP contribution in [0.15, 0.2) is 0 Å². The van der Waals surface area contributed by atoms with Gasteiger partial charge in [0.1, 0.15) is 11.2 Å². The minimum Gasteiger partial charge on any atom is -0.449 e. The minimum atomic E-state index is -1.30. The van der Waals surface area contributed by atoms with E-state index in [1.54, 1.807) is 57.2 Å². The molecule has 1 N–H and O–H groups in total. The highest BCUT2D eigenvalue weighted by atomic mass is 127. The van der Waals surface area contributed by atoms with Crippen molar-refractivity contribution in [2.45, 2.75) is 51.4 Å². The van der Waals surface area contributed by atoms with Gasteiger partial charge in [0.25, 0.3) is 0 Å². The third kappa shape index (κ3) is 2.22. The molecule has 1 unspecified atom stereocenters. The summed E-state index contributed by atoms with van der Waals surface area (Å²) in [6.07, 6.45) is 0. The van der Waals surface area contributed by atoms with Gasteiger partial charge in [0.05, 0.1) is 28.2 Å². The first-order chi connectivity index (χ1) is 7.02. The molecule has 5 nitrogen and oxygen atoms in total. The minimum absolute atomic E-state index is 0.426. The molecule has 1 rings (SSSR count). The van der Waals surface area contributed by atoms with Gasteiger partial charge in [-0.25, -0.2) is 4.79 Å². The zero-order chi connectivity index (χ0) is 12.8. The Bertz CT molecular complexity index is 306. The third-order valence-corrected chi connectivity index (χ3v) is 3.59. The summed E-state index contributed by atoms with van der Waals surface area (Å²) in [4.78, 5) is 11.1. The fourth-order valence-electron chi connectivity index (χ4n) is 1.90. The Kier molecular flexibility index (Phi) is 3.65. The Hall–Kier alpha value is 0.145. The van der Waals surface area contributed by atoms with Gasteiger partial charge in [-0.2, -0.15) is 0 Å². The lowest BCUT2D eigenvalue weighted by molar-refractivity contribution is -0.142. The van der Waals surface area contributed by atoms with Crippen molar-refractivity contribution in [3.05, 3.63) is 0 Å². The molecule has 1 saturated heterocycles. The standard InChI is InChI=1S/C9H16BIO5/c1-7(2,14-6(11)12)9(5)8(3,4)15-10(13)16-9/h13H,1-5H3. The van der Waals surface area contributed by atoms with E-state index in [4.69, 9.17) is 14.0 Å². The van der Waals surface area contributed by atoms with Crippen molar-refractivity contribution in [1.29, 1.82) is 0 Å². The molecule has 92 valence electrons. The van der Waals surface area contributed by atoms with Gasteiger partial charge in [0, 0.05) is 0 Å². The largest absolute Gasteiger partial charge is 0.637 e. The average Bonchev–Trinajstić information content (AvgIpc) is 2.18. The van der Waals surface area contributed by atoms with Crippen LogP contribution in [0.4, 0.5) is 4.79 Å². The van der Waals surface area contributed by atoms with Gasteiger partial charge in [-0.3, -0.25) is 0 Å². The summed E-state index contributed by atoms with van der Waals surface area (Å²) >= 11 is 1.56. The number of halogens is 1. The van der Waals surface area contributed by atoms with E-state index in [1.165, 1.54) is 0 Å². The van der Waals surface area contributed by atoms with Crippen LogP contribution in [0.25, 0.3) is 0 Å². The van der Waals surface area contributed by atoms with Gasteiger partial charge >= 0.3 is 11.3 Å². The van der Waals surface area contributed by atoms with Crippen LogP contribution in [-0.4, -0.2) is 33.1 Å². The Morgan fingerprint density at radius 3 is 2.19 bits per heavy atom. The maximum absolute atomic E-state index is 11.1. The third-order valence-electron chi connectivity index (χ3n) is 3.37. The van der Waals surface area contributed by atoms with E-state index in [2.05, 4.69) is 0 Å². The SMILES string of the molecule is CC1(C)OB(O)OC1(C)C(C)(C)OC(=O)I. The molecule has 1 fully saturated rings. The lowest BCUT2D eigenvalue weighted by atomic mass is 9.75. The van der Waals surface area contributed by atoms with Gasteiger partial charge < -0.3 is 19.1 Å². The summed E-state index contributed by atoms with van der Waals surface area (Å²) in [5, 5.41) is 9.41. The van der Waals surface area contributed by atoms with Crippen LogP contribution in [0.5, 0.6) is 0 Å². The normalized spacial score (nSPS) is 29.3. The van der Waals surface area contributed by atoms with E-state index in [9.17, 15) is 9.82 Å². The maximum Gasteiger partial charge on any atom is 0.637 e. The highest BCUT2D eigenvalue weighted by Gasteiger charge is 2.63. The van der Waals surface area contributed by atoms with Crippen LogP contribution in [-0.2, 0) is 14.0 Å². The fourth-order valence-corrected chi connectivity index (χ4v) is 2.45. The molecule has 0 radical (unpaired) electrons. The van der Waals surface area contributed by atoms with Gasteiger partial charge in [0.2, 0.25) is 0 Å². The van der Waals surface area contributed by atoms with Crippen molar-refractivity contribution >= 4 is 33.9 Å². The highest BCUT2D eigenvalue weighted by molar-refractivity contribution is 14.1. The molecule has 1 heterocycles. The Labute approximate surface area is 109 Å². The van der Waals surface area contributed by atoms with Crippen LogP contribution in [0, 0.1) is 0 Å². The zero-order valence-electron chi connectivity index (χ0n) is 10.0. The number of rotatable bonds is 2. The van der Waals surface area contributed by atoms with Crippen molar-refractivity contribution < 1.29 is 23.9 Å². The van der Waals surface area contributed by atoms with Gasteiger partial charge in [0.15, 0.2) is 0 Å². The van der Waals surface area contributed by atoms with Crippen molar-refractivity contribution in [3.8, 4) is 0 Å². The van der Waals surface area contributed by atoms with Crippen molar-refractivity contribution in [1.82, 2.24) is 0 Å². The fraction of sp³-hybridized carbons (Fsp3) is 0.889. The van der Waals surface area contributed by atoms with Crippen LogP contribution in [0.3, 0.4) is 0 Å². The molecule has 0 bridgehead atoms. The second-order valence-electron chi connectivity index (χ2n) is 4.94. The highest BCUT2D eigenvalue weighted by Crippen LogP contribution is 2.45. The van der Waals surface area contributed by atoms with E-state index < -0.39 is 28.1 Å². The van der Waals surface area contributed by atoms with Gasteiger partial charge in [-0.1, -0.05) is 0 Å². The van der Waals surface area contributed by atoms with Crippen LogP contribution < -0.4 is 0 Å². The number of hydrogen-bond acceptors (Lipinski definition) is 5. The topological polar surface area (TPSA) is 65.0 Å². The van der Waals surface area contributed by atoms with E-state index in [0.29, 0.717) is 0 Å². The Morgan fingerprint density at radius 1 is 1.38 bits per heavy atom. The molecule has 0 saturated carbocycles. The molecule has 1 aliphatic heterocycles. The molecule has 1 atom stereocenters. The summed E-state index contributed by atoms with van der Waals surface area (Å²) in [6, 6.07) is 0. The van der Waals surface area contributed by atoms with Crippen molar-refractivity contribution in [2.75, 3.05) is 0 Å². The zero-order valence-corrected chi connectivity index (χ0v) is 12.2. The van der Waals surface area contributed by atoms with E-state index in [1.807, 2.05) is 0 Å². The molecular weight excluding hydrogens is 326 g/mol. The van der Waals surface area contributed by atoms with Crippen LogP contribution in [0.1, 0.15) is 34.6 Å². The number of ether oxygens (including phenoxy) is 1. The molecule has 0 aromatic heterocycles. The molecular formula is C9H16BIO5. The number of hydrogen-bond donors (Lipinski definition) is 1. The second-order valence-corrected chi connectivity index (χ2v) is 5.82. The molecule has 0 aliphatic carbocycles. The Balaban J connectivity index is 3.04.